The highest BCUT2D eigenvalue weighted by molar-refractivity contribution is 5.79. The third kappa shape index (κ3) is 9.63. The fraction of sp³-hybridized carbons (Fsp3) is 0.650. The van der Waals surface area contributed by atoms with Gasteiger partial charge in [-0.3, -0.25) is 0 Å². The molecule has 0 radical (unpaired) electrons. The molecule has 0 saturated heterocycles. The number of aliphatic imine (C=N–C) groups is 1. The summed E-state index contributed by atoms with van der Waals surface area (Å²) in [6.07, 6.45) is 2.05. The van der Waals surface area contributed by atoms with Crippen molar-refractivity contribution < 1.29 is 14.2 Å². The maximum atomic E-state index is 5.73. The number of nitrogens with zero attached hydrogens (tertiary/aromatic N) is 1. The molecule has 0 spiro atoms. The molecule has 1 aromatic carbocycles. The number of hydrogen-bond donors (Lipinski definition) is 2. The lowest BCUT2D eigenvalue weighted by Gasteiger charge is -2.13. The molecule has 0 saturated carbocycles. The minimum Gasteiger partial charge on any atom is -0.494 e. The Bertz CT molecular complexity index is 521. The van der Waals surface area contributed by atoms with Crippen LogP contribution in [0.25, 0.3) is 0 Å². The van der Waals surface area contributed by atoms with Crippen molar-refractivity contribution in [2.75, 3.05) is 46.6 Å². The van der Waals surface area contributed by atoms with Crippen molar-refractivity contribution >= 4 is 5.96 Å². The van der Waals surface area contributed by atoms with E-state index in [1.54, 1.807) is 7.11 Å². The molecule has 1 aromatic rings. The van der Waals surface area contributed by atoms with E-state index in [0.717, 1.165) is 49.8 Å². The van der Waals surface area contributed by atoms with E-state index in [1.807, 2.05) is 6.92 Å². The number of rotatable bonds is 13. The largest absolute Gasteiger partial charge is 0.494 e. The third-order valence-electron chi connectivity index (χ3n) is 3.71. The lowest BCUT2D eigenvalue weighted by atomic mass is 10.1. The number of unbranched alkanes of at least 4 members (excludes halogenated alkanes) is 1. The van der Waals surface area contributed by atoms with Crippen molar-refractivity contribution in [2.45, 2.75) is 40.2 Å². The predicted molar refractivity (Wildman–Crippen MR) is 107 cm³/mol. The summed E-state index contributed by atoms with van der Waals surface area (Å²) >= 11 is 0. The molecule has 0 aromatic heterocycles. The Morgan fingerprint density at radius 2 is 1.92 bits per heavy atom. The molecule has 6 nitrogen and oxygen atoms in total. The van der Waals surface area contributed by atoms with Crippen LogP contribution in [0.1, 0.15) is 37.8 Å². The SMILES string of the molecule is CCNC(=NCc1ccc(C)cc1OCC)NCCCCOCCOC. The minimum atomic E-state index is 0.588. The zero-order valence-electron chi connectivity index (χ0n) is 16.8. The van der Waals surface area contributed by atoms with Gasteiger partial charge in [0.1, 0.15) is 5.75 Å². The quantitative estimate of drug-likeness (QED) is 0.320. The van der Waals surface area contributed by atoms with E-state index < -0.39 is 0 Å². The zero-order valence-corrected chi connectivity index (χ0v) is 16.8. The Balaban J connectivity index is 2.43. The van der Waals surface area contributed by atoms with Crippen LogP contribution in [0.4, 0.5) is 0 Å². The molecular formula is C20H35N3O3. The first-order valence-electron chi connectivity index (χ1n) is 9.52. The van der Waals surface area contributed by atoms with Crippen molar-refractivity contribution in [1.82, 2.24) is 10.6 Å². The van der Waals surface area contributed by atoms with Crippen LogP contribution in [-0.2, 0) is 16.0 Å². The summed E-state index contributed by atoms with van der Waals surface area (Å²) in [4.78, 5) is 4.68. The topological polar surface area (TPSA) is 64.1 Å². The number of ether oxygens (including phenoxy) is 3. The molecule has 0 amide bonds. The van der Waals surface area contributed by atoms with Crippen LogP contribution >= 0.6 is 0 Å². The first-order chi connectivity index (χ1) is 12.7. The molecule has 6 heteroatoms. The molecule has 148 valence electrons. The number of benzene rings is 1. The monoisotopic (exact) mass is 365 g/mol. The summed E-state index contributed by atoms with van der Waals surface area (Å²) in [5, 5.41) is 6.66. The summed E-state index contributed by atoms with van der Waals surface area (Å²) in [6.45, 7) is 11.2. The smallest absolute Gasteiger partial charge is 0.191 e. The maximum Gasteiger partial charge on any atom is 0.191 e. The fourth-order valence-electron chi connectivity index (χ4n) is 2.37. The van der Waals surface area contributed by atoms with Crippen molar-refractivity contribution in [3.05, 3.63) is 29.3 Å². The van der Waals surface area contributed by atoms with Crippen molar-refractivity contribution in [3.63, 3.8) is 0 Å². The molecule has 0 unspecified atom stereocenters. The van der Waals surface area contributed by atoms with E-state index in [9.17, 15) is 0 Å². The van der Waals surface area contributed by atoms with Gasteiger partial charge < -0.3 is 24.8 Å². The van der Waals surface area contributed by atoms with Gasteiger partial charge in [0.25, 0.3) is 0 Å². The average molecular weight is 366 g/mol. The molecule has 0 aliphatic carbocycles. The van der Waals surface area contributed by atoms with E-state index in [-0.39, 0.29) is 0 Å². The van der Waals surface area contributed by atoms with E-state index in [1.165, 1.54) is 5.56 Å². The Morgan fingerprint density at radius 3 is 2.65 bits per heavy atom. The number of hydrogen-bond acceptors (Lipinski definition) is 4. The lowest BCUT2D eigenvalue weighted by molar-refractivity contribution is 0.0689. The summed E-state index contributed by atoms with van der Waals surface area (Å²) in [6, 6.07) is 6.25. The lowest BCUT2D eigenvalue weighted by Crippen LogP contribution is -2.37. The number of aryl methyl sites for hydroxylation is 1. The van der Waals surface area contributed by atoms with Gasteiger partial charge >= 0.3 is 0 Å². The molecule has 0 aliphatic heterocycles. The van der Waals surface area contributed by atoms with E-state index in [0.29, 0.717) is 26.4 Å². The zero-order chi connectivity index (χ0) is 19.0. The summed E-state index contributed by atoms with van der Waals surface area (Å²) in [5.74, 6) is 1.75. The second kappa shape index (κ2) is 14.4. The molecule has 0 aliphatic rings. The van der Waals surface area contributed by atoms with Gasteiger partial charge in [-0.25, -0.2) is 4.99 Å². The molecular weight excluding hydrogens is 330 g/mol. The molecule has 0 bridgehead atoms. The highest BCUT2D eigenvalue weighted by atomic mass is 16.5. The molecule has 0 atom stereocenters. The van der Waals surface area contributed by atoms with Crippen LogP contribution in [0, 0.1) is 6.92 Å². The normalized spacial score (nSPS) is 11.5. The third-order valence-corrected chi connectivity index (χ3v) is 3.71. The predicted octanol–water partition coefficient (Wildman–Crippen LogP) is 2.89. The Kier molecular flexibility index (Phi) is 12.3. The van der Waals surface area contributed by atoms with Gasteiger partial charge in [-0.2, -0.15) is 0 Å². The second-order valence-electron chi connectivity index (χ2n) is 5.98. The number of nitrogens with one attached hydrogen (secondary N) is 2. The minimum absolute atomic E-state index is 0.588. The summed E-state index contributed by atoms with van der Waals surface area (Å²) in [5.41, 5.74) is 2.29. The van der Waals surface area contributed by atoms with Crippen LogP contribution < -0.4 is 15.4 Å². The first-order valence-corrected chi connectivity index (χ1v) is 9.52. The van der Waals surface area contributed by atoms with Gasteiger partial charge in [-0.1, -0.05) is 12.1 Å². The average Bonchev–Trinajstić information content (AvgIpc) is 2.63. The molecule has 0 heterocycles. The molecule has 2 N–H and O–H groups in total. The van der Waals surface area contributed by atoms with Gasteiger partial charge in [0.2, 0.25) is 0 Å². The van der Waals surface area contributed by atoms with Crippen molar-refractivity contribution in [3.8, 4) is 5.75 Å². The Labute approximate surface area is 158 Å². The standard InChI is InChI=1S/C20H35N3O3/c1-5-21-20(22-11-7-8-12-25-14-13-24-4)23-16-18-10-9-17(3)15-19(18)26-6-2/h9-10,15H,5-8,11-14,16H2,1-4H3,(H2,21,22,23). The summed E-state index contributed by atoms with van der Waals surface area (Å²) in [7, 11) is 1.68. The molecule has 26 heavy (non-hydrogen) atoms. The highest BCUT2D eigenvalue weighted by Gasteiger charge is 2.04. The Hall–Kier alpha value is -1.79. The van der Waals surface area contributed by atoms with E-state index >= 15 is 0 Å². The highest BCUT2D eigenvalue weighted by Crippen LogP contribution is 2.21. The van der Waals surface area contributed by atoms with E-state index in [4.69, 9.17) is 14.2 Å². The number of guanidine groups is 1. The van der Waals surface area contributed by atoms with Gasteiger partial charge in [0.05, 0.1) is 26.4 Å². The van der Waals surface area contributed by atoms with Crippen molar-refractivity contribution in [2.24, 2.45) is 4.99 Å². The second-order valence-corrected chi connectivity index (χ2v) is 5.98. The van der Waals surface area contributed by atoms with E-state index in [2.05, 4.69) is 47.7 Å². The molecule has 0 fully saturated rings. The number of methoxy groups -OCH3 is 1. The molecule has 1 rings (SSSR count). The van der Waals surface area contributed by atoms with Gasteiger partial charge in [0, 0.05) is 32.4 Å². The van der Waals surface area contributed by atoms with Crippen LogP contribution in [0.3, 0.4) is 0 Å². The Morgan fingerprint density at radius 1 is 1.08 bits per heavy atom. The van der Waals surface area contributed by atoms with Crippen LogP contribution in [0.2, 0.25) is 0 Å². The first kappa shape index (κ1) is 22.3. The summed E-state index contributed by atoms with van der Waals surface area (Å²) < 4.78 is 16.1. The maximum absolute atomic E-state index is 5.73. The van der Waals surface area contributed by atoms with Gasteiger partial charge in [-0.15, -0.1) is 0 Å². The van der Waals surface area contributed by atoms with Crippen LogP contribution in [0.5, 0.6) is 5.75 Å². The fourth-order valence-corrected chi connectivity index (χ4v) is 2.37. The van der Waals surface area contributed by atoms with Crippen LogP contribution in [-0.4, -0.2) is 52.6 Å². The van der Waals surface area contributed by atoms with Gasteiger partial charge in [0.15, 0.2) is 5.96 Å². The van der Waals surface area contributed by atoms with Crippen LogP contribution in [0.15, 0.2) is 23.2 Å². The van der Waals surface area contributed by atoms with Gasteiger partial charge in [-0.05, 0) is 45.2 Å². The van der Waals surface area contributed by atoms with Crippen molar-refractivity contribution in [1.29, 1.82) is 0 Å².